The van der Waals surface area contributed by atoms with Crippen molar-refractivity contribution in [3.05, 3.63) is 46.2 Å². The summed E-state index contributed by atoms with van der Waals surface area (Å²) >= 11 is 1.47. The van der Waals surface area contributed by atoms with Crippen molar-refractivity contribution >= 4 is 22.9 Å². The summed E-state index contributed by atoms with van der Waals surface area (Å²) in [5, 5.41) is 4.71. The van der Waals surface area contributed by atoms with Gasteiger partial charge in [-0.15, -0.1) is 11.3 Å². The zero-order valence-corrected chi connectivity index (χ0v) is 11.7. The van der Waals surface area contributed by atoms with Gasteiger partial charge in [0.05, 0.1) is 7.11 Å². The number of carbonyl (C=O) groups is 1. The first-order chi connectivity index (χ1) is 9.11. The van der Waals surface area contributed by atoms with E-state index in [9.17, 15) is 4.79 Å². The van der Waals surface area contributed by atoms with Gasteiger partial charge in [0.1, 0.15) is 11.8 Å². The van der Waals surface area contributed by atoms with Crippen LogP contribution >= 0.6 is 11.3 Å². The molecule has 100 valence electrons. The smallest absolute Gasteiger partial charge is 0.246 e. The van der Waals surface area contributed by atoms with Crippen LogP contribution in [0.2, 0.25) is 0 Å². The van der Waals surface area contributed by atoms with E-state index >= 15 is 0 Å². The molecular formula is C14H16N2O2S. The number of nitrogens with one attached hydrogen (secondary N) is 1. The second kappa shape index (κ2) is 5.86. The Morgan fingerprint density at radius 3 is 2.79 bits per heavy atom. The number of thiophene rings is 1. The highest BCUT2D eigenvalue weighted by molar-refractivity contribution is 7.10. The molecule has 0 radical (unpaired) electrons. The number of benzene rings is 1. The van der Waals surface area contributed by atoms with Crippen LogP contribution in [-0.2, 0) is 4.79 Å². The van der Waals surface area contributed by atoms with Gasteiger partial charge in [-0.2, -0.15) is 0 Å². The molecule has 2 rings (SSSR count). The molecule has 1 aromatic carbocycles. The van der Waals surface area contributed by atoms with E-state index in [4.69, 9.17) is 10.5 Å². The predicted octanol–water partition coefficient (Wildman–Crippen LogP) is 2.70. The Labute approximate surface area is 116 Å². The van der Waals surface area contributed by atoms with Crippen molar-refractivity contribution in [3.63, 3.8) is 0 Å². The first-order valence-corrected chi connectivity index (χ1v) is 6.74. The number of aryl methyl sites for hydroxylation is 1. The lowest BCUT2D eigenvalue weighted by atomic mass is 10.2. The summed E-state index contributed by atoms with van der Waals surface area (Å²) < 4.78 is 5.18. The monoisotopic (exact) mass is 276 g/mol. The molecule has 3 N–H and O–H groups in total. The van der Waals surface area contributed by atoms with Crippen molar-refractivity contribution in [2.75, 3.05) is 12.4 Å². The maximum absolute atomic E-state index is 12.0. The lowest BCUT2D eigenvalue weighted by molar-refractivity contribution is -0.117. The fraction of sp³-hybridized carbons (Fsp3) is 0.214. The van der Waals surface area contributed by atoms with Crippen molar-refractivity contribution in [2.45, 2.75) is 13.0 Å². The minimum atomic E-state index is -0.637. The molecule has 1 atom stereocenters. The van der Waals surface area contributed by atoms with Gasteiger partial charge < -0.3 is 15.8 Å². The molecule has 0 fully saturated rings. The summed E-state index contributed by atoms with van der Waals surface area (Å²) in [5.74, 6) is 0.576. The summed E-state index contributed by atoms with van der Waals surface area (Å²) in [6, 6.07) is 8.57. The summed E-state index contributed by atoms with van der Waals surface area (Å²) in [7, 11) is 1.62. The van der Waals surface area contributed by atoms with E-state index in [0.717, 1.165) is 21.9 Å². The Morgan fingerprint density at radius 1 is 1.42 bits per heavy atom. The van der Waals surface area contributed by atoms with E-state index in [1.807, 2.05) is 36.6 Å². The number of anilines is 1. The number of hydrogen-bond donors (Lipinski definition) is 2. The van der Waals surface area contributed by atoms with Crippen molar-refractivity contribution in [1.29, 1.82) is 0 Å². The van der Waals surface area contributed by atoms with E-state index in [0.29, 0.717) is 0 Å². The Hall–Kier alpha value is -1.85. The number of methoxy groups -OCH3 is 1. The average molecular weight is 276 g/mol. The molecule has 0 bridgehead atoms. The molecule has 0 saturated heterocycles. The van der Waals surface area contributed by atoms with Gasteiger partial charge in [-0.1, -0.05) is 6.07 Å². The minimum Gasteiger partial charge on any atom is -0.496 e. The van der Waals surface area contributed by atoms with Gasteiger partial charge in [0, 0.05) is 10.6 Å². The fourth-order valence-corrected chi connectivity index (χ4v) is 2.50. The van der Waals surface area contributed by atoms with Gasteiger partial charge in [-0.3, -0.25) is 4.79 Å². The van der Waals surface area contributed by atoms with E-state index in [1.54, 1.807) is 13.2 Å². The van der Waals surface area contributed by atoms with Crippen LogP contribution in [0.1, 0.15) is 16.5 Å². The second-order valence-electron chi connectivity index (χ2n) is 4.17. The fourth-order valence-electron chi connectivity index (χ4n) is 1.77. The summed E-state index contributed by atoms with van der Waals surface area (Å²) in [4.78, 5) is 12.9. The van der Waals surface area contributed by atoms with Crippen LogP contribution < -0.4 is 15.8 Å². The third kappa shape index (κ3) is 3.13. The average Bonchev–Trinajstić information content (AvgIpc) is 2.92. The Balaban J connectivity index is 2.09. The number of hydrogen-bond acceptors (Lipinski definition) is 4. The maximum atomic E-state index is 12.0. The van der Waals surface area contributed by atoms with Gasteiger partial charge in [0.25, 0.3) is 0 Å². The summed E-state index contributed by atoms with van der Waals surface area (Å²) in [6.45, 7) is 1.92. The van der Waals surface area contributed by atoms with Crippen LogP contribution in [0, 0.1) is 6.92 Å². The number of rotatable bonds is 4. The van der Waals surface area contributed by atoms with Crippen molar-refractivity contribution in [2.24, 2.45) is 5.73 Å². The third-order valence-corrected chi connectivity index (χ3v) is 3.75. The molecule has 0 aliphatic carbocycles. The van der Waals surface area contributed by atoms with E-state index in [2.05, 4.69) is 5.32 Å². The molecule has 1 heterocycles. The predicted molar refractivity (Wildman–Crippen MR) is 77.6 cm³/mol. The molecule has 0 aliphatic rings. The largest absolute Gasteiger partial charge is 0.496 e. The number of nitrogens with two attached hydrogens (primary N) is 1. The molecule has 19 heavy (non-hydrogen) atoms. The van der Waals surface area contributed by atoms with Crippen molar-refractivity contribution in [3.8, 4) is 5.75 Å². The molecule has 1 aromatic heterocycles. The number of carbonyl (C=O) groups excluding carboxylic acids is 1. The maximum Gasteiger partial charge on any atom is 0.246 e. The molecule has 2 aromatic rings. The highest BCUT2D eigenvalue weighted by Gasteiger charge is 2.16. The second-order valence-corrected chi connectivity index (χ2v) is 5.15. The molecule has 1 unspecified atom stereocenters. The highest BCUT2D eigenvalue weighted by Crippen LogP contribution is 2.23. The van der Waals surface area contributed by atoms with Crippen LogP contribution in [0.3, 0.4) is 0 Å². The van der Waals surface area contributed by atoms with Crippen LogP contribution in [0.5, 0.6) is 5.75 Å². The number of amides is 1. The molecule has 0 aliphatic heterocycles. The van der Waals surface area contributed by atoms with E-state index in [1.165, 1.54) is 11.3 Å². The third-order valence-electron chi connectivity index (χ3n) is 2.79. The first-order valence-electron chi connectivity index (χ1n) is 5.86. The Morgan fingerprint density at radius 2 is 2.21 bits per heavy atom. The van der Waals surface area contributed by atoms with Gasteiger partial charge >= 0.3 is 0 Å². The molecule has 1 amide bonds. The van der Waals surface area contributed by atoms with E-state index < -0.39 is 6.04 Å². The Kier molecular flexibility index (Phi) is 4.19. The minimum absolute atomic E-state index is 0.216. The quantitative estimate of drug-likeness (QED) is 0.902. The van der Waals surface area contributed by atoms with Crippen molar-refractivity contribution < 1.29 is 9.53 Å². The van der Waals surface area contributed by atoms with Crippen molar-refractivity contribution in [1.82, 2.24) is 0 Å². The zero-order valence-electron chi connectivity index (χ0n) is 10.8. The first kappa shape index (κ1) is 13.6. The molecule has 0 spiro atoms. The topological polar surface area (TPSA) is 64.3 Å². The molecule has 0 saturated carbocycles. The lowest BCUT2D eigenvalue weighted by Crippen LogP contribution is -2.26. The zero-order chi connectivity index (χ0) is 13.8. The van der Waals surface area contributed by atoms with E-state index in [-0.39, 0.29) is 5.91 Å². The molecule has 4 nitrogen and oxygen atoms in total. The standard InChI is InChI=1S/C14H16N2O2S/c1-9-8-10(5-6-11(9)18-2)16-14(17)13(15)12-4-3-7-19-12/h3-8,13H,15H2,1-2H3,(H,16,17). The van der Waals surface area contributed by atoms with Gasteiger partial charge in [0.15, 0.2) is 0 Å². The SMILES string of the molecule is COc1ccc(NC(=O)C(N)c2cccs2)cc1C. The molecular weight excluding hydrogens is 260 g/mol. The van der Waals surface area contributed by atoms with Crippen LogP contribution in [-0.4, -0.2) is 13.0 Å². The van der Waals surface area contributed by atoms with Gasteiger partial charge in [0.2, 0.25) is 5.91 Å². The summed E-state index contributed by atoms with van der Waals surface area (Å²) in [5.41, 5.74) is 7.58. The Bertz CT molecular complexity index is 567. The van der Waals surface area contributed by atoms with Crippen LogP contribution in [0.15, 0.2) is 35.7 Å². The number of ether oxygens (including phenoxy) is 1. The van der Waals surface area contributed by atoms with Crippen LogP contribution in [0.4, 0.5) is 5.69 Å². The van der Waals surface area contributed by atoms with Gasteiger partial charge in [-0.05, 0) is 42.1 Å². The normalized spacial score (nSPS) is 11.9. The molecule has 5 heteroatoms. The van der Waals surface area contributed by atoms with Crippen LogP contribution in [0.25, 0.3) is 0 Å². The van der Waals surface area contributed by atoms with Gasteiger partial charge in [-0.25, -0.2) is 0 Å². The highest BCUT2D eigenvalue weighted by atomic mass is 32.1. The summed E-state index contributed by atoms with van der Waals surface area (Å²) in [6.07, 6.45) is 0. The lowest BCUT2D eigenvalue weighted by Gasteiger charge is -2.12.